The highest BCUT2D eigenvalue weighted by molar-refractivity contribution is 5.78. The van der Waals surface area contributed by atoms with Gasteiger partial charge in [0.25, 0.3) is 0 Å². The van der Waals surface area contributed by atoms with E-state index in [1.165, 1.54) is 25.7 Å². The molecular weight excluding hydrogens is 257 g/mol. The largest absolute Gasteiger partial charge is 0.405 e. The van der Waals surface area contributed by atoms with Gasteiger partial charge in [-0.05, 0) is 25.7 Å². The molecule has 1 aliphatic rings. The van der Waals surface area contributed by atoms with E-state index in [0.29, 0.717) is 5.92 Å². The maximum Gasteiger partial charge on any atom is 0.405 e. The van der Waals surface area contributed by atoms with Crippen molar-refractivity contribution in [3.8, 4) is 0 Å². The highest BCUT2D eigenvalue weighted by Crippen LogP contribution is 2.25. The van der Waals surface area contributed by atoms with Crippen molar-refractivity contribution >= 4 is 5.91 Å². The SMILES string of the molecule is C[C@H](NCC(=O)NCC(F)(F)F)C1CCCCCC1. The van der Waals surface area contributed by atoms with E-state index in [-0.39, 0.29) is 12.6 Å². The van der Waals surface area contributed by atoms with Crippen LogP contribution in [-0.4, -0.2) is 31.2 Å². The smallest absolute Gasteiger partial charge is 0.346 e. The molecule has 0 aromatic rings. The van der Waals surface area contributed by atoms with E-state index in [9.17, 15) is 18.0 Å². The Hall–Kier alpha value is -0.780. The maximum atomic E-state index is 11.9. The second kappa shape index (κ2) is 7.72. The molecule has 1 saturated carbocycles. The lowest BCUT2D eigenvalue weighted by Gasteiger charge is -2.23. The molecule has 0 aromatic carbocycles. The van der Waals surface area contributed by atoms with Crippen LogP contribution in [-0.2, 0) is 4.79 Å². The first-order valence-corrected chi connectivity index (χ1v) is 6.95. The Morgan fingerprint density at radius 1 is 1.21 bits per heavy atom. The molecule has 19 heavy (non-hydrogen) atoms. The third-order valence-electron chi connectivity index (χ3n) is 3.68. The molecule has 0 heterocycles. The third-order valence-corrected chi connectivity index (χ3v) is 3.68. The summed E-state index contributed by atoms with van der Waals surface area (Å²) in [6, 6.07) is 0.176. The monoisotopic (exact) mass is 280 g/mol. The zero-order chi connectivity index (χ0) is 14.3. The van der Waals surface area contributed by atoms with Crippen molar-refractivity contribution in [2.75, 3.05) is 13.1 Å². The first-order chi connectivity index (χ1) is 8.88. The number of hydrogen-bond donors (Lipinski definition) is 2. The fraction of sp³-hybridized carbons (Fsp3) is 0.923. The van der Waals surface area contributed by atoms with Crippen molar-refractivity contribution in [1.82, 2.24) is 10.6 Å². The standard InChI is InChI=1S/C13H23F3N2O/c1-10(11-6-4-2-3-5-7-11)17-8-12(19)18-9-13(14,15)16/h10-11,17H,2-9H2,1H3,(H,18,19)/t10-/m0/s1. The van der Waals surface area contributed by atoms with E-state index in [2.05, 4.69) is 5.32 Å². The molecule has 0 spiro atoms. The molecule has 1 amide bonds. The molecule has 0 radical (unpaired) electrons. The van der Waals surface area contributed by atoms with E-state index in [0.717, 1.165) is 12.8 Å². The van der Waals surface area contributed by atoms with Gasteiger partial charge in [-0.1, -0.05) is 25.7 Å². The summed E-state index contributed by atoms with van der Waals surface area (Å²) in [5, 5.41) is 4.90. The van der Waals surface area contributed by atoms with Crippen LogP contribution < -0.4 is 10.6 Å². The number of nitrogens with one attached hydrogen (secondary N) is 2. The Morgan fingerprint density at radius 2 is 1.79 bits per heavy atom. The number of amides is 1. The molecule has 3 nitrogen and oxygen atoms in total. The van der Waals surface area contributed by atoms with Gasteiger partial charge in [-0.15, -0.1) is 0 Å². The van der Waals surface area contributed by atoms with E-state index in [1.807, 2.05) is 12.2 Å². The summed E-state index contributed by atoms with van der Waals surface area (Å²) >= 11 is 0. The first kappa shape index (κ1) is 16.3. The molecule has 2 N–H and O–H groups in total. The molecule has 0 unspecified atom stereocenters. The highest BCUT2D eigenvalue weighted by atomic mass is 19.4. The van der Waals surface area contributed by atoms with Crippen LogP contribution in [0, 0.1) is 5.92 Å². The van der Waals surface area contributed by atoms with Crippen LogP contribution in [0.15, 0.2) is 0 Å². The summed E-state index contributed by atoms with van der Waals surface area (Å²) in [4.78, 5) is 11.3. The molecule has 1 aliphatic carbocycles. The zero-order valence-corrected chi connectivity index (χ0v) is 11.4. The minimum absolute atomic E-state index is 0.0479. The highest BCUT2D eigenvalue weighted by Gasteiger charge is 2.27. The fourth-order valence-corrected chi connectivity index (χ4v) is 2.49. The van der Waals surface area contributed by atoms with Crippen LogP contribution in [0.1, 0.15) is 45.4 Å². The molecule has 1 fully saturated rings. The number of hydrogen-bond acceptors (Lipinski definition) is 2. The first-order valence-electron chi connectivity index (χ1n) is 6.95. The maximum absolute atomic E-state index is 11.9. The number of alkyl halides is 3. The summed E-state index contributed by atoms with van der Waals surface area (Å²) < 4.78 is 35.7. The molecule has 6 heteroatoms. The number of halogens is 3. The summed E-state index contributed by atoms with van der Waals surface area (Å²) in [5.74, 6) is -0.0734. The Labute approximate surface area is 112 Å². The van der Waals surface area contributed by atoms with Crippen LogP contribution in [0.5, 0.6) is 0 Å². The van der Waals surface area contributed by atoms with Gasteiger partial charge < -0.3 is 10.6 Å². The van der Waals surface area contributed by atoms with E-state index in [1.54, 1.807) is 0 Å². The molecule has 0 aromatic heterocycles. The second-order valence-electron chi connectivity index (χ2n) is 5.31. The van der Waals surface area contributed by atoms with Gasteiger partial charge in [0.2, 0.25) is 5.91 Å². The normalized spacial score (nSPS) is 19.8. The van der Waals surface area contributed by atoms with E-state index < -0.39 is 18.6 Å². The Kier molecular flexibility index (Phi) is 6.62. The second-order valence-corrected chi connectivity index (χ2v) is 5.31. The number of carbonyl (C=O) groups is 1. The van der Waals surface area contributed by atoms with Crippen LogP contribution in [0.2, 0.25) is 0 Å². The minimum Gasteiger partial charge on any atom is -0.346 e. The van der Waals surface area contributed by atoms with E-state index in [4.69, 9.17) is 0 Å². The van der Waals surface area contributed by atoms with Gasteiger partial charge in [-0.25, -0.2) is 0 Å². The molecule has 1 rings (SSSR count). The van der Waals surface area contributed by atoms with Crippen molar-refractivity contribution in [3.63, 3.8) is 0 Å². The topological polar surface area (TPSA) is 41.1 Å². The van der Waals surface area contributed by atoms with Crippen molar-refractivity contribution in [3.05, 3.63) is 0 Å². The Bertz CT molecular complexity index is 274. The molecular formula is C13H23F3N2O. The molecule has 112 valence electrons. The van der Waals surface area contributed by atoms with Gasteiger partial charge in [-0.2, -0.15) is 13.2 Å². The quantitative estimate of drug-likeness (QED) is 0.760. The lowest BCUT2D eigenvalue weighted by Crippen LogP contribution is -2.43. The van der Waals surface area contributed by atoms with Crippen LogP contribution >= 0.6 is 0 Å². The van der Waals surface area contributed by atoms with Crippen LogP contribution in [0.25, 0.3) is 0 Å². The lowest BCUT2D eigenvalue weighted by molar-refractivity contribution is -0.138. The zero-order valence-electron chi connectivity index (χ0n) is 11.4. The Morgan fingerprint density at radius 3 is 2.32 bits per heavy atom. The molecule has 1 atom stereocenters. The fourth-order valence-electron chi connectivity index (χ4n) is 2.49. The Balaban J connectivity index is 2.21. The molecule has 0 bridgehead atoms. The average molecular weight is 280 g/mol. The predicted molar refractivity (Wildman–Crippen MR) is 67.7 cm³/mol. The summed E-state index contributed by atoms with van der Waals surface area (Å²) in [6.45, 7) is 0.700. The summed E-state index contributed by atoms with van der Waals surface area (Å²) in [6.07, 6.45) is 2.86. The van der Waals surface area contributed by atoms with Gasteiger partial charge in [0, 0.05) is 6.04 Å². The summed E-state index contributed by atoms with van der Waals surface area (Å²) in [7, 11) is 0. The molecule has 0 aliphatic heterocycles. The average Bonchev–Trinajstić information content (AvgIpc) is 2.61. The van der Waals surface area contributed by atoms with Gasteiger partial charge in [0.05, 0.1) is 6.54 Å². The molecule has 0 saturated heterocycles. The predicted octanol–water partition coefficient (Wildman–Crippen LogP) is 2.61. The van der Waals surface area contributed by atoms with Crippen LogP contribution in [0.4, 0.5) is 13.2 Å². The third kappa shape index (κ3) is 7.40. The minimum atomic E-state index is -4.34. The van der Waals surface area contributed by atoms with Gasteiger partial charge >= 0.3 is 6.18 Å². The van der Waals surface area contributed by atoms with Crippen LogP contribution in [0.3, 0.4) is 0 Å². The number of carbonyl (C=O) groups excluding carboxylic acids is 1. The van der Waals surface area contributed by atoms with E-state index >= 15 is 0 Å². The van der Waals surface area contributed by atoms with Crippen molar-refractivity contribution in [2.45, 2.75) is 57.7 Å². The lowest BCUT2D eigenvalue weighted by atomic mass is 9.93. The van der Waals surface area contributed by atoms with Crippen molar-refractivity contribution in [2.24, 2.45) is 5.92 Å². The van der Waals surface area contributed by atoms with Gasteiger partial charge in [0.15, 0.2) is 0 Å². The van der Waals surface area contributed by atoms with Gasteiger partial charge in [-0.3, -0.25) is 4.79 Å². The van der Waals surface area contributed by atoms with Crippen molar-refractivity contribution < 1.29 is 18.0 Å². The van der Waals surface area contributed by atoms with Crippen molar-refractivity contribution in [1.29, 1.82) is 0 Å². The number of rotatable bonds is 5. The van der Waals surface area contributed by atoms with Gasteiger partial charge in [0.1, 0.15) is 6.54 Å². The summed E-state index contributed by atoms with van der Waals surface area (Å²) in [5.41, 5.74) is 0.